The fourth-order valence-corrected chi connectivity index (χ4v) is 5.13. The Hall–Kier alpha value is -0.140. The molecule has 0 radical (unpaired) electrons. The molecular formula is C11H17ClN2O2S2. The van der Waals surface area contributed by atoms with Crippen LogP contribution in [-0.2, 0) is 15.9 Å². The van der Waals surface area contributed by atoms with E-state index in [9.17, 15) is 8.42 Å². The standard InChI is InChI=1S/C11H17ClN2O2S2/c1-9-11(7-10(8-12)17-9)18(15,16)14-5-3-13(2)4-6-14/h7H,3-6,8H2,1-2H3. The average molecular weight is 309 g/mol. The quantitative estimate of drug-likeness (QED) is 0.799. The van der Waals surface area contributed by atoms with Crippen molar-refractivity contribution in [1.82, 2.24) is 9.21 Å². The number of rotatable bonds is 3. The lowest BCUT2D eigenvalue weighted by molar-refractivity contribution is 0.222. The number of thiophene rings is 1. The van der Waals surface area contributed by atoms with E-state index in [-0.39, 0.29) is 0 Å². The van der Waals surface area contributed by atoms with E-state index >= 15 is 0 Å². The Labute approximate surface area is 117 Å². The molecular weight excluding hydrogens is 292 g/mol. The van der Waals surface area contributed by atoms with E-state index in [1.54, 1.807) is 10.4 Å². The maximum atomic E-state index is 12.5. The molecule has 0 bridgehead atoms. The fraction of sp³-hybridized carbons (Fsp3) is 0.636. The summed E-state index contributed by atoms with van der Waals surface area (Å²) >= 11 is 7.22. The highest BCUT2D eigenvalue weighted by molar-refractivity contribution is 7.89. The summed E-state index contributed by atoms with van der Waals surface area (Å²) in [5.41, 5.74) is 0. The first-order valence-corrected chi connectivity index (χ1v) is 8.58. The van der Waals surface area contributed by atoms with Crippen molar-refractivity contribution >= 4 is 33.0 Å². The van der Waals surface area contributed by atoms with Gasteiger partial charge in [0.15, 0.2) is 0 Å². The van der Waals surface area contributed by atoms with Crippen LogP contribution in [-0.4, -0.2) is 50.8 Å². The predicted octanol–water partition coefficient (Wildman–Crippen LogP) is 1.73. The molecule has 7 heteroatoms. The maximum Gasteiger partial charge on any atom is 0.244 e. The van der Waals surface area contributed by atoms with Gasteiger partial charge in [0.05, 0.1) is 10.8 Å². The van der Waals surface area contributed by atoms with Gasteiger partial charge in [0.1, 0.15) is 0 Å². The first-order valence-electron chi connectivity index (χ1n) is 5.79. The number of alkyl halides is 1. The lowest BCUT2D eigenvalue weighted by atomic mass is 10.4. The average Bonchev–Trinajstić information content (AvgIpc) is 2.72. The summed E-state index contributed by atoms with van der Waals surface area (Å²) in [6, 6.07) is 1.71. The minimum Gasteiger partial charge on any atom is -0.304 e. The topological polar surface area (TPSA) is 40.6 Å². The highest BCUT2D eigenvalue weighted by Gasteiger charge is 2.29. The third-order valence-electron chi connectivity index (χ3n) is 3.14. The highest BCUT2D eigenvalue weighted by atomic mass is 35.5. The Kier molecular flexibility index (Phi) is 4.33. The summed E-state index contributed by atoms with van der Waals surface area (Å²) in [5.74, 6) is 0.365. The van der Waals surface area contributed by atoms with E-state index in [0.717, 1.165) is 22.8 Å². The first kappa shape index (κ1) is 14.3. The number of halogens is 1. The molecule has 18 heavy (non-hydrogen) atoms. The van der Waals surface area contributed by atoms with Gasteiger partial charge in [0.2, 0.25) is 10.0 Å². The van der Waals surface area contributed by atoms with Crippen molar-refractivity contribution in [1.29, 1.82) is 0 Å². The van der Waals surface area contributed by atoms with E-state index in [4.69, 9.17) is 11.6 Å². The molecule has 4 nitrogen and oxygen atoms in total. The van der Waals surface area contributed by atoms with Gasteiger partial charge >= 0.3 is 0 Å². The second kappa shape index (κ2) is 5.46. The lowest BCUT2D eigenvalue weighted by Crippen LogP contribution is -2.47. The number of likely N-dealkylation sites (N-methyl/N-ethyl adjacent to an activating group) is 1. The van der Waals surface area contributed by atoms with Crippen LogP contribution in [0.5, 0.6) is 0 Å². The predicted molar refractivity (Wildman–Crippen MR) is 74.9 cm³/mol. The Morgan fingerprint density at radius 1 is 1.33 bits per heavy atom. The molecule has 0 aliphatic carbocycles. The van der Waals surface area contributed by atoms with Gasteiger partial charge in [-0.25, -0.2) is 8.42 Å². The minimum atomic E-state index is -3.35. The molecule has 1 saturated heterocycles. The Morgan fingerprint density at radius 3 is 2.44 bits per heavy atom. The van der Waals surface area contributed by atoms with Crippen LogP contribution >= 0.6 is 22.9 Å². The molecule has 1 aromatic heterocycles. The summed E-state index contributed by atoms with van der Waals surface area (Å²) in [5, 5.41) is 0. The molecule has 0 amide bonds. The maximum absolute atomic E-state index is 12.5. The number of hydrogen-bond donors (Lipinski definition) is 0. The number of hydrogen-bond acceptors (Lipinski definition) is 4. The van der Waals surface area contributed by atoms with E-state index < -0.39 is 10.0 Å². The van der Waals surface area contributed by atoms with Gasteiger partial charge in [-0.1, -0.05) is 0 Å². The molecule has 102 valence electrons. The Bertz CT molecular complexity index is 519. The smallest absolute Gasteiger partial charge is 0.244 e. The Morgan fingerprint density at radius 2 is 1.94 bits per heavy atom. The van der Waals surface area contributed by atoms with Crippen LogP contribution in [0, 0.1) is 6.92 Å². The molecule has 1 aliphatic heterocycles. The van der Waals surface area contributed by atoms with Gasteiger partial charge in [-0.15, -0.1) is 22.9 Å². The van der Waals surface area contributed by atoms with Crippen molar-refractivity contribution in [2.75, 3.05) is 33.2 Å². The van der Waals surface area contributed by atoms with Gasteiger partial charge in [0.25, 0.3) is 0 Å². The molecule has 2 heterocycles. The van der Waals surface area contributed by atoms with E-state index in [0.29, 0.717) is 23.9 Å². The van der Waals surface area contributed by atoms with Crippen molar-refractivity contribution in [3.63, 3.8) is 0 Å². The van der Waals surface area contributed by atoms with Crippen LogP contribution in [0.3, 0.4) is 0 Å². The van der Waals surface area contributed by atoms with Crippen molar-refractivity contribution < 1.29 is 8.42 Å². The number of piperazine rings is 1. The zero-order chi connectivity index (χ0) is 13.3. The fourth-order valence-electron chi connectivity index (χ4n) is 2.01. The van der Waals surface area contributed by atoms with Crippen LogP contribution < -0.4 is 0 Å². The molecule has 0 atom stereocenters. The zero-order valence-electron chi connectivity index (χ0n) is 10.5. The van der Waals surface area contributed by atoms with Gasteiger partial charge in [-0.05, 0) is 20.0 Å². The normalized spacial score (nSPS) is 19.3. The monoisotopic (exact) mass is 308 g/mol. The third-order valence-corrected chi connectivity index (χ3v) is 6.79. The molecule has 0 N–H and O–H groups in total. The Balaban J connectivity index is 2.27. The van der Waals surface area contributed by atoms with E-state index in [2.05, 4.69) is 4.90 Å². The summed E-state index contributed by atoms with van der Waals surface area (Å²) in [6.07, 6.45) is 0. The summed E-state index contributed by atoms with van der Waals surface area (Å²) in [4.78, 5) is 4.29. The van der Waals surface area contributed by atoms with E-state index in [1.807, 2.05) is 14.0 Å². The molecule has 0 spiro atoms. The molecule has 2 rings (SSSR count). The van der Waals surface area contributed by atoms with Crippen LogP contribution in [0.25, 0.3) is 0 Å². The number of aryl methyl sites for hydroxylation is 1. The van der Waals surface area contributed by atoms with Crippen LogP contribution in [0.2, 0.25) is 0 Å². The largest absolute Gasteiger partial charge is 0.304 e. The zero-order valence-corrected chi connectivity index (χ0v) is 12.9. The SMILES string of the molecule is Cc1sc(CCl)cc1S(=O)(=O)N1CCN(C)CC1. The summed E-state index contributed by atoms with van der Waals surface area (Å²) in [7, 11) is -1.34. The third kappa shape index (κ3) is 2.72. The van der Waals surface area contributed by atoms with Crippen LogP contribution in [0.1, 0.15) is 9.75 Å². The van der Waals surface area contributed by atoms with Gasteiger partial charge < -0.3 is 4.90 Å². The number of sulfonamides is 1. The molecule has 0 saturated carbocycles. The number of nitrogens with zero attached hydrogens (tertiary/aromatic N) is 2. The van der Waals surface area contributed by atoms with Crippen molar-refractivity contribution in [2.24, 2.45) is 0 Å². The molecule has 1 fully saturated rings. The van der Waals surface area contributed by atoms with Crippen molar-refractivity contribution in [3.05, 3.63) is 15.8 Å². The first-order chi connectivity index (χ1) is 8.45. The molecule has 1 aliphatic rings. The lowest BCUT2D eigenvalue weighted by Gasteiger charge is -2.31. The van der Waals surface area contributed by atoms with Crippen molar-refractivity contribution in [3.8, 4) is 0 Å². The summed E-state index contributed by atoms with van der Waals surface area (Å²) in [6.45, 7) is 4.52. The van der Waals surface area contributed by atoms with Gasteiger partial charge in [-0.2, -0.15) is 4.31 Å². The van der Waals surface area contributed by atoms with Crippen LogP contribution in [0.15, 0.2) is 11.0 Å². The second-order valence-electron chi connectivity index (χ2n) is 4.47. The molecule has 0 unspecified atom stereocenters. The molecule has 1 aromatic rings. The minimum absolute atomic E-state index is 0.365. The highest BCUT2D eigenvalue weighted by Crippen LogP contribution is 2.29. The van der Waals surface area contributed by atoms with Gasteiger partial charge in [-0.3, -0.25) is 0 Å². The summed E-state index contributed by atoms with van der Waals surface area (Å²) < 4.78 is 26.6. The van der Waals surface area contributed by atoms with Gasteiger partial charge in [0, 0.05) is 35.9 Å². The van der Waals surface area contributed by atoms with Crippen molar-refractivity contribution in [2.45, 2.75) is 17.7 Å². The van der Waals surface area contributed by atoms with Crippen LogP contribution in [0.4, 0.5) is 0 Å². The second-order valence-corrected chi connectivity index (χ2v) is 7.99. The van der Waals surface area contributed by atoms with E-state index in [1.165, 1.54) is 11.3 Å². The molecule has 0 aromatic carbocycles.